The van der Waals surface area contributed by atoms with Gasteiger partial charge in [0.15, 0.2) is 0 Å². The summed E-state index contributed by atoms with van der Waals surface area (Å²) in [5.41, 5.74) is -1.67. The van der Waals surface area contributed by atoms with E-state index in [1.165, 1.54) is 24.3 Å². The Labute approximate surface area is 130 Å². The zero-order valence-corrected chi connectivity index (χ0v) is 11.9. The Kier molecular flexibility index (Phi) is 3.60. The van der Waals surface area contributed by atoms with Crippen molar-refractivity contribution in [3.63, 3.8) is 0 Å². The van der Waals surface area contributed by atoms with Crippen molar-refractivity contribution in [2.45, 2.75) is 18.2 Å². The van der Waals surface area contributed by atoms with E-state index in [9.17, 15) is 13.2 Å². The van der Waals surface area contributed by atoms with Crippen LogP contribution in [0.3, 0.4) is 0 Å². The maximum atomic E-state index is 13.7. The standard InChI is InChI=1S/C16H10ClF3NO/c17-13-8-6-12(7-9-13)15(16(18,19)20)10-14(21-22-15)11-4-2-1-3-5-11/h2-9H,10H2. The molecule has 0 amide bonds. The molecule has 0 saturated carbocycles. The molecule has 2 nitrogen and oxygen atoms in total. The van der Waals surface area contributed by atoms with Gasteiger partial charge in [-0.2, -0.15) is 13.2 Å². The molecule has 2 aromatic carbocycles. The predicted octanol–water partition coefficient (Wildman–Crippen LogP) is 4.72. The van der Waals surface area contributed by atoms with Crippen LogP contribution in [0, 0.1) is 6.07 Å². The SMILES string of the molecule is FC(F)(F)C1(c2ccc(Cl)cc2)CC(c2cc[c]cc2)=NO1. The minimum absolute atomic E-state index is 0.0226. The number of rotatable bonds is 2. The summed E-state index contributed by atoms with van der Waals surface area (Å²) in [6.45, 7) is 0. The van der Waals surface area contributed by atoms with Crippen LogP contribution in [0.4, 0.5) is 13.2 Å². The molecule has 0 spiro atoms. The van der Waals surface area contributed by atoms with Crippen LogP contribution in [0.25, 0.3) is 0 Å². The summed E-state index contributed by atoms with van der Waals surface area (Å²) in [4.78, 5) is 4.91. The third-order valence-electron chi connectivity index (χ3n) is 3.55. The average Bonchev–Trinajstić information content (AvgIpc) is 2.95. The van der Waals surface area contributed by atoms with E-state index >= 15 is 0 Å². The van der Waals surface area contributed by atoms with E-state index in [1.54, 1.807) is 24.3 Å². The largest absolute Gasteiger partial charge is 0.435 e. The monoisotopic (exact) mass is 324 g/mol. The van der Waals surface area contributed by atoms with Crippen molar-refractivity contribution in [2.75, 3.05) is 0 Å². The molecule has 2 aromatic rings. The quantitative estimate of drug-likeness (QED) is 0.783. The van der Waals surface area contributed by atoms with Crippen LogP contribution in [-0.2, 0) is 10.4 Å². The van der Waals surface area contributed by atoms with Gasteiger partial charge in [-0.05, 0) is 23.8 Å². The van der Waals surface area contributed by atoms with Crippen LogP contribution >= 0.6 is 11.6 Å². The first-order valence-electron chi connectivity index (χ1n) is 6.47. The van der Waals surface area contributed by atoms with Gasteiger partial charge in [0.2, 0.25) is 0 Å². The van der Waals surface area contributed by atoms with Gasteiger partial charge in [-0.1, -0.05) is 53.2 Å². The molecule has 1 heterocycles. The van der Waals surface area contributed by atoms with Crippen LogP contribution in [0.1, 0.15) is 17.5 Å². The summed E-state index contributed by atoms with van der Waals surface area (Å²) in [7, 11) is 0. The molecule has 1 atom stereocenters. The van der Waals surface area contributed by atoms with Gasteiger partial charge < -0.3 is 4.84 Å². The van der Waals surface area contributed by atoms with E-state index < -0.39 is 11.8 Å². The normalized spacial score (nSPS) is 21.4. The first kappa shape index (κ1) is 14.9. The van der Waals surface area contributed by atoms with Crippen LogP contribution in [0.5, 0.6) is 0 Å². The number of halogens is 4. The molecule has 6 heteroatoms. The molecular formula is C16H10ClF3NO. The Morgan fingerprint density at radius 1 is 1.09 bits per heavy atom. The van der Waals surface area contributed by atoms with Gasteiger partial charge in [-0.15, -0.1) is 0 Å². The summed E-state index contributed by atoms with van der Waals surface area (Å²) < 4.78 is 41.0. The van der Waals surface area contributed by atoms with Crippen molar-refractivity contribution in [3.05, 3.63) is 70.7 Å². The second-order valence-corrected chi connectivity index (χ2v) is 5.36. The maximum absolute atomic E-state index is 13.7. The Bertz CT molecular complexity index is 698. The molecule has 0 bridgehead atoms. The Hall–Kier alpha value is -2.01. The molecule has 1 aliphatic rings. The van der Waals surface area contributed by atoms with Crippen molar-refractivity contribution >= 4 is 17.3 Å². The van der Waals surface area contributed by atoms with Crippen molar-refractivity contribution in [1.82, 2.24) is 0 Å². The number of hydrogen-bond acceptors (Lipinski definition) is 2. The molecule has 1 unspecified atom stereocenters. The molecule has 0 saturated heterocycles. The Morgan fingerprint density at radius 2 is 1.73 bits per heavy atom. The van der Waals surface area contributed by atoms with E-state index in [0.29, 0.717) is 10.6 Å². The minimum atomic E-state index is -4.60. The van der Waals surface area contributed by atoms with E-state index in [4.69, 9.17) is 16.4 Å². The summed E-state index contributed by atoms with van der Waals surface area (Å²) in [5, 5.41) is 4.03. The highest BCUT2D eigenvalue weighted by atomic mass is 35.5. The van der Waals surface area contributed by atoms with E-state index in [1.807, 2.05) is 0 Å². The zero-order chi connectivity index (χ0) is 15.8. The fourth-order valence-electron chi connectivity index (χ4n) is 2.36. The van der Waals surface area contributed by atoms with Gasteiger partial charge in [-0.25, -0.2) is 0 Å². The third-order valence-corrected chi connectivity index (χ3v) is 3.80. The lowest BCUT2D eigenvalue weighted by Crippen LogP contribution is -2.42. The van der Waals surface area contributed by atoms with Gasteiger partial charge in [0.05, 0.1) is 5.71 Å². The fourth-order valence-corrected chi connectivity index (χ4v) is 2.48. The second-order valence-electron chi connectivity index (χ2n) is 4.93. The number of nitrogens with zero attached hydrogens (tertiary/aromatic N) is 1. The van der Waals surface area contributed by atoms with Crippen LogP contribution < -0.4 is 0 Å². The topological polar surface area (TPSA) is 21.6 Å². The summed E-state index contributed by atoms with van der Waals surface area (Å²) >= 11 is 5.75. The Morgan fingerprint density at radius 3 is 2.32 bits per heavy atom. The summed E-state index contributed by atoms with van der Waals surface area (Å²) in [6, 6.07) is 14.8. The number of oxime groups is 1. The average molecular weight is 325 g/mol. The lowest BCUT2D eigenvalue weighted by Gasteiger charge is -2.29. The molecule has 0 aromatic heterocycles. The number of alkyl halides is 3. The maximum Gasteiger partial charge on any atom is 0.435 e. The third kappa shape index (κ3) is 2.46. The first-order valence-corrected chi connectivity index (χ1v) is 6.84. The molecule has 0 N–H and O–H groups in total. The van der Waals surface area contributed by atoms with Crippen LogP contribution in [0.15, 0.2) is 53.7 Å². The van der Waals surface area contributed by atoms with Gasteiger partial charge in [0.1, 0.15) is 0 Å². The van der Waals surface area contributed by atoms with Gasteiger partial charge >= 0.3 is 6.18 Å². The smallest absolute Gasteiger partial charge is 0.374 e. The molecule has 0 fully saturated rings. The molecule has 3 rings (SSSR count). The molecule has 0 aliphatic carbocycles. The van der Waals surface area contributed by atoms with E-state index in [0.717, 1.165) is 0 Å². The Balaban J connectivity index is 2.00. The van der Waals surface area contributed by atoms with Gasteiger partial charge in [0.25, 0.3) is 5.60 Å². The van der Waals surface area contributed by atoms with Crippen molar-refractivity contribution in [2.24, 2.45) is 5.16 Å². The second kappa shape index (κ2) is 5.32. The molecule has 22 heavy (non-hydrogen) atoms. The lowest BCUT2D eigenvalue weighted by atomic mass is 9.86. The van der Waals surface area contributed by atoms with Crippen LogP contribution in [0.2, 0.25) is 5.02 Å². The highest BCUT2D eigenvalue weighted by molar-refractivity contribution is 6.30. The summed E-state index contributed by atoms with van der Waals surface area (Å²) in [5.74, 6) is 0. The highest BCUT2D eigenvalue weighted by Crippen LogP contribution is 2.48. The van der Waals surface area contributed by atoms with Gasteiger partial charge in [-0.3, -0.25) is 0 Å². The number of benzene rings is 2. The fraction of sp³-hybridized carbons (Fsp3) is 0.188. The molecular weight excluding hydrogens is 315 g/mol. The number of hydrogen-bond donors (Lipinski definition) is 0. The minimum Gasteiger partial charge on any atom is -0.374 e. The summed E-state index contributed by atoms with van der Waals surface area (Å²) in [6.07, 6.45) is -4.99. The van der Waals surface area contributed by atoms with E-state index in [2.05, 4.69) is 11.2 Å². The van der Waals surface area contributed by atoms with Crippen LogP contribution in [-0.4, -0.2) is 11.9 Å². The van der Waals surface area contributed by atoms with Crippen molar-refractivity contribution in [1.29, 1.82) is 0 Å². The van der Waals surface area contributed by atoms with Crippen molar-refractivity contribution < 1.29 is 18.0 Å². The van der Waals surface area contributed by atoms with Gasteiger partial charge in [0, 0.05) is 17.0 Å². The molecule has 1 aliphatic heterocycles. The zero-order valence-electron chi connectivity index (χ0n) is 11.2. The molecule has 1 radical (unpaired) electrons. The molecule has 113 valence electrons. The highest BCUT2D eigenvalue weighted by Gasteiger charge is 2.62. The first-order chi connectivity index (χ1) is 10.4. The van der Waals surface area contributed by atoms with E-state index in [-0.39, 0.29) is 17.7 Å². The van der Waals surface area contributed by atoms with Crippen molar-refractivity contribution in [3.8, 4) is 0 Å². The predicted molar refractivity (Wildman–Crippen MR) is 76.7 cm³/mol. The lowest BCUT2D eigenvalue weighted by molar-refractivity contribution is -0.275.